The molecule has 0 saturated heterocycles. The number of carbonyl (C=O) groups is 1. The van der Waals surface area contributed by atoms with Crippen LogP contribution in [-0.4, -0.2) is 23.9 Å². The average molecular weight is 298 g/mol. The summed E-state index contributed by atoms with van der Waals surface area (Å²) in [6.07, 6.45) is -2.57. The van der Waals surface area contributed by atoms with Gasteiger partial charge in [0.1, 0.15) is 5.82 Å². The molecule has 0 aliphatic heterocycles. The van der Waals surface area contributed by atoms with Gasteiger partial charge in [0, 0.05) is 6.07 Å². The Balaban J connectivity index is 2.04. The third kappa shape index (κ3) is 3.74. The predicted octanol–water partition coefficient (Wildman–Crippen LogP) is 3.35. The Morgan fingerprint density at radius 2 is 2.25 bits per heavy atom. The lowest BCUT2D eigenvalue weighted by Gasteiger charge is -2.07. The number of nitrogens with zero attached hydrogens (tertiary/aromatic N) is 1. The first-order valence-electron chi connectivity index (χ1n) is 5.79. The lowest BCUT2D eigenvalue weighted by molar-refractivity contribution is 0.0796. The second-order valence-electron chi connectivity index (χ2n) is 3.95. The molecule has 0 radical (unpaired) electrons. The number of halogens is 2. The minimum Gasteiger partial charge on any atom is -0.472 e. The van der Waals surface area contributed by atoms with Crippen molar-refractivity contribution >= 4 is 23.1 Å². The number of nitrogens with one attached hydrogen (secondary N) is 1. The summed E-state index contributed by atoms with van der Waals surface area (Å²) in [5, 5.41) is 4.43. The van der Waals surface area contributed by atoms with Crippen molar-refractivity contribution in [2.45, 2.75) is 13.3 Å². The molecule has 2 rings (SSSR count). The number of alkyl halides is 2. The molecule has 2 heterocycles. The van der Waals surface area contributed by atoms with E-state index in [1.807, 2.05) is 18.4 Å². The summed E-state index contributed by atoms with van der Waals surface area (Å²) in [6.45, 7) is 1.11. The maximum absolute atomic E-state index is 12.0. The fraction of sp³-hybridized carbons (Fsp3) is 0.231. The summed E-state index contributed by atoms with van der Waals surface area (Å²) >= 11 is 1.33. The van der Waals surface area contributed by atoms with Gasteiger partial charge in [0.15, 0.2) is 6.61 Å². The maximum atomic E-state index is 12.0. The summed E-state index contributed by atoms with van der Waals surface area (Å²) in [4.78, 5) is 16.5. The number of thiophene rings is 1. The number of hydrogen-bond acceptors (Lipinski definition) is 4. The molecule has 7 heteroatoms. The third-order valence-corrected chi connectivity index (χ3v) is 3.41. The monoisotopic (exact) mass is 298 g/mol. The van der Waals surface area contributed by atoms with Crippen molar-refractivity contribution in [3.8, 4) is 5.88 Å². The van der Waals surface area contributed by atoms with Crippen LogP contribution in [0.5, 0.6) is 5.88 Å². The van der Waals surface area contributed by atoms with Crippen molar-refractivity contribution in [2.75, 3.05) is 11.9 Å². The van der Waals surface area contributed by atoms with E-state index < -0.39 is 13.0 Å². The van der Waals surface area contributed by atoms with Crippen molar-refractivity contribution in [3.05, 3.63) is 40.1 Å². The lowest BCUT2D eigenvalue weighted by atomic mass is 10.3. The number of anilines is 1. The van der Waals surface area contributed by atoms with Crippen LogP contribution in [-0.2, 0) is 0 Å². The second kappa shape index (κ2) is 6.42. The van der Waals surface area contributed by atoms with Crippen LogP contribution in [0.1, 0.15) is 15.2 Å². The van der Waals surface area contributed by atoms with Crippen LogP contribution >= 0.6 is 11.3 Å². The van der Waals surface area contributed by atoms with E-state index in [9.17, 15) is 13.6 Å². The van der Waals surface area contributed by atoms with Crippen molar-refractivity contribution in [1.29, 1.82) is 0 Å². The van der Waals surface area contributed by atoms with E-state index in [2.05, 4.69) is 10.3 Å². The molecule has 106 valence electrons. The van der Waals surface area contributed by atoms with Crippen molar-refractivity contribution in [1.82, 2.24) is 4.98 Å². The lowest BCUT2D eigenvalue weighted by Crippen LogP contribution is -2.13. The van der Waals surface area contributed by atoms with Gasteiger partial charge in [0.2, 0.25) is 5.88 Å². The number of carbonyl (C=O) groups excluding carboxylic acids is 1. The van der Waals surface area contributed by atoms with Gasteiger partial charge in [-0.25, -0.2) is 8.78 Å². The largest absolute Gasteiger partial charge is 0.472 e. The molecule has 1 N–H and O–H groups in total. The molecule has 0 spiro atoms. The smallest absolute Gasteiger partial charge is 0.272 e. The molecular formula is C13H12F2N2O2S. The Labute approximate surface area is 118 Å². The standard InChI is InChI=1S/C13H12F2N2O2S/c1-8-5-6-20-12(8)13(18)17-10-3-2-4-11(16-10)19-7-9(14)15/h2-6,9H,7H2,1H3,(H,16,17,18). The summed E-state index contributed by atoms with van der Waals surface area (Å²) < 4.78 is 28.9. The zero-order valence-electron chi connectivity index (χ0n) is 10.6. The highest BCUT2D eigenvalue weighted by Crippen LogP contribution is 2.18. The number of pyridine rings is 1. The van der Waals surface area contributed by atoms with Crippen molar-refractivity contribution < 1.29 is 18.3 Å². The van der Waals surface area contributed by atoms with Gasteiger partial charge in [-0.05, 0) is 30.0 Å². The number of ether oxygens (including phenoxy) is 1. The van der Waals surface area contributed by atoms with Gasteiger partial charge in [0.25, 0.3) is 12.3 Å². The Morgan fingerprint density at radius 3 is 2.90 bits per heavy atom. The van der Waals surface area contributed by atoms with Gasteiger partial charge in [-0.2, -0.15) is 4.98 Å². The molecule has 2 aromatic rings. The number of rotatable bonds is 5. The van der Waals surface area contributed by atoms with E-state index in [0.29, 0.717) is 4.88 Å². The maximum Gasteiger partial charge on any atom is 0.272 e. The van der Waals surface area contributed by atoms with Crippen LogP contribution in [0.15, 0.2) is 29.6 Å². The van der Waals surface area contributed by atoms with Crippen molar-refractivity contribution in [2.24, 2.45) is 0 Å². The van der Waals surface area contributed by atoms with Crippen LogP contribution < -0.4 is 10.1 Å². The van der Waals surface area contributed by atoms with Crippen LogP contribution in [0.4, 0.5) is 14.6 Å². The zero-order valence-corrected chi connectivity index (χ0v) is 11.4. The summed E-state index contributed by atoms with van der Waals surface area (Å²) in [7, 11) is 0. The Kier molecular flexibility index (Phi) is 4.62. The van der Waals surface area contributed by atoms with Gasteiger partial charge in [-0.1, -0.05) is 6.07 Å². The zero-order chi connectivity index (χ0) is 14.5. The van der Waals surface area contributed by atoms with Gasteiger partial charge < -0.3 is 10.1 Å². The summed E-state index contributed by atoms with van der Waals surface area (Å²) in [5.41, 5.74) is 0.873. The quantitative estimate of drug-likeness (QED) is 0.921. The predicted molar refractivity (Wildman–Crippen MR) is 72.7 cm³/mol. The van der Waals surface area contributed by atoms with E-state index in [-0.39, 0.29) is 17.6 Å². The Bertz CT molecular complexity index is 602. The van der Waals surface area contributed by atoms with E-state index >= 15 is 0 Å². The molecule has 4 nitrogen and oxygen atoms in total. The highest BCUT2D eigenvalue weighted by Gasteiger charge is 2.12. The topological polar surface area (TPSA) is 51.2 Å². The third-order valence-electron chi connectivity index (χ3n) is 2.39. The molecule has 0 bridgehead atoms. The molecule has 0 aliphatic carbocycles. The molecule has 0 saturated carbocycles. The number of amides is 1. The van der Waals surface area contributed by atoms with Gasteiger partial charge >= 0.3 is 0 Å². The molecule has 0 aliphatic rings. The van der Waals surface area contributed by atoms with Gasteiger partial charge in [-0.15, -0.1) is 11.3 Å². The molecule has 0 aromatic carbocycles. The van der Waals surface area contributed by atoms with Gasteiger partial charge in [0.05, 0.1) is 4.88 Å². The fourth-order valence-electron chi connectivity index (χ4n) is 1.49. The van der Waals surface area contributed by atoms with E-state index in [4.69, 9.17) is 4.74 Å². The number of aryl methyl sites for hydroxylation is 1. The molecule has 0 atom stereocenters. The van der Waals surface area contributed by atoms with Crippen molar-refractivity contribution in [3.63, 3.8) is 0 Å². The summed E-state index contributed by atoms with van der Waals surface area (Å²) in [5.74, 6) is 0.0246. The molecule has 20 heavy (non-hydrogen) atoms. The first-order valence-corrected chi connectivity index (χ1v) is 6.67. The number of aromatic nitrogens is 1. The first-order chi connectivity index (χ1) is 9.56. The van der Waals surface area contributed by atoms with Crippen LogP contribution in [0.2, 0.25) is 0 Å². The van der Waals surface area contributed by atoms with Crippen LogP contribution in [0.3, 0.4) is 0 Å². The van der Waals surface area contributed by atoms with E-state index in [1.165, 1.54) is 17.4 Å². The van der Waals surface area contributed by atoms with Crippen LogP contribution in [0, 0.1) is 6.92 Å². The van der Waals surface area contributed by atoms with Crippen LogP contribution in [0.25, 0.3) is 0 Å². The Hall–Kier alpha value is -2.02. The van der Waals surface area contributed by atoms with E-state index in [0.717, 1.165) is 5.56 Å². The highest BCUT2D eigenvalue weighted by molar-refractivity contribution is 7.12. The molecule has 0 fully saturated rings. The minimum atomic E-state index is -2.57. The number of hydrogen-bond donors (Lipinski definition) is 1. The molecule has 2 aromatic heterocycles. The average Bonchev–Trinajstić information content (AvgIpc) is 2.83. The second-order valence-corrected chi connectivity index (χ2v) is 4.87. The first kappa shape index (κ1) is 14.4. The normalized spacial score (nSPS) is 10.6. The molecule has 0 unspecified atom stereocenters. The van der Waals surface area contributed by atoms with Gasteiger partial charge in [-0.3, -0.25) is 4.79 Å². The minimum absolute atomic E-state index is 0.0472. The summed E-state index contributed by atoms with van der Waals surface area (Å²) in [6, 6.07) is 6.43. The fourth-order valence-corrected chi connectivity index (χ4v) is 2.31. The molecular weight excluding hydrogens is 286 g/mol. The Morgan fingerprint density at radius 1 is 1.45 bits per heavy atom. The van der Waals surface area contributed by atoms with E-state index in [1.54, 1.807) is 12.1 Å². The molecule has 1 amide bonds. The SMILES string of the molecule is Cc1ccsc1C(=O)Nc1cccc(OCC(F)F)n1. The highest BCUT2D eigenvalue weighted by atomic mass is 32.1.